The highest BCUT2D eigenvalue weighted by Crippen LogP contribution is 2.38. The van der Waals surface area contributed by atoms with E-state index in [1.807, 2.05) is 36.4 Å². The SMILES string of the molecule is CC(C)c1ccc(-c2cc(-c3ccc4c(c3)OCO4)c(C#N)c(N)n2)cc1. The van der Waals surface area contributed by atoms with Crippen LogP contribution in [-0.4, -0.2) is 11.8 Å². The van der Waals surface area contributed by atoms with E-state index in [4.69, 9.17) is 15.2 Å². The van der Waals surface area contributed by atoms with Crippen molar-refractivity contribution in [3.05, 3.63) is 59.7 Å². The number of nitrogens with zero attached hydrogens (tertiary/aromatic N) is 2. The molecule has 2 heterocycles. The average molecular weight is 357 g/mol. The molecular weight excluding hydrogens is 338 g/mol. The minimum absolute atomic E-state index is 0.204. The van der Waals surface area contributed by atoms with Crippen LogP contribution < -0.4 is 15.2 Å². The maximum absolute atomic E-state index is 9.59. The topological polar surface area (TPSA) is 81.2 Å². The Balaban J connectivity index is 1.83. The molecule has 0 spiro atoms. The van der Waals surface area contributed by atoms with Gasteiger partial charge in [-0.1, -0.05) is 44.2 Å². The third-order valence-corrected chi connectivity index (χ3v) is 4.72. The lowest BCUT2D eigenvalue weighted by Gasteiger charge is -2.12. The number of benzene rings is 2. The van der Waals surface area contributed by atoms with Crippen molar-refractivity contribution in [2.45, 2.75) is 19.8 Å². The number of pyridine rings is 1. The van der Waals surface area contributed by atoms with Crippen LogP contribution in [0.1, 0.15) is 30.9 Å². The van der Waals surface area contributed by atoms with Crippen molar-refractivity contribution in [3.8, 4) is 40.0 Å². The monoisotopic (exact) mass is 357 g/mol. The fourth-order valence-electron chi connectivity index (χ4n) is 3.16. The van der Waals surface area contributed by atoms with Crippen LogP contribution in [0.5, 0.6) is 11.5 Å². The second-order valence-corrected chi connectivity index (χ2v) is 6.77. The number of nitrogen functional groups attached to an aromatic ring is 1. The normalized spacial score (nSPS) is 12.2. The van der Waals surface area contributed by atoms with Gasteiger partial charge in [0, 0.05) is 11.1 Å². The molecule has 0 unspecified atom stereocenters. The summed E-state index contributed by atoms with van der Waals surface area (Å²) in [6.45, 7) is 4.52. The van der Waals surface area contributed by atoms with Crippen LogP contribution >= 0.6 is 0 Å². The number of nitrogens with two attached hydrogens (primary N) is 1. The predicted octanol–water partition coefficient (Wildman–Crippen LogP) is 4.72. The Bertz CT molecular complexity index is 1050. The van der Waals surface area contributed by atoms with E-state index in [-0.39, 0.29) is 12.6 Å². The molecule has 0 saturated heterocycles. The molecule has 2 aromatic carbocycles. The van der Waals surface area contributed by atoms with Crippen LogP contribution in [0.2, 0.25) is 0 Å². The lowest BCUT2D eigenvalue weighted by Crippen LogP contribution is -2.00. The van der Waals surface area contributed by atoms with Gasteiger partial charge >= 0.3 is 0 Å². The van der Waals surface area contributed by atoms with E-state index in [0.29, 0.717) is 23.0 Å². The summed E-state index contributed by atoms with van der Waals surface area (Å²) in [4.78, 5) is 4.45. The first kappa shape index (κ1) is 16.9. The molecule has 0 fully saturated rings. The standard InChI is InChI=1S/C22H19N3O2/c1-13(2)14-3-5-15(6-4-14)19-10-17(18(11-23)22(24)25-19)16-7-8-20-21(9-16)27-12-26-20/h3-10,13H,12H2,1-2H3,(H2,24,25). The summed E-state index contributed by atoms with van der Waals surface area (Å²) in [6.07, 6.45) is 0. The molecule has 5 nitrogen and oxygen atoms in total. The van der Waals surface area contributed by atoms with E-state index in [0.717, 1.165) is 22.4 Å². The fourth-order valence-corrected chi connectivity index (χ4v) is 3.16. The first-order chi connectivity index (χ1) is 13.1. The highest BCUT2D eigenvalue weighted by atomic mass is 16.7. The molecule has 1 aromatic heterocycles. The number of hydrogen-bond donors (Lipinski definition) is 1. The van der Waals surface area contributed by atoms with Gasteiger partial charge in [0.15, 0.2) is 11.5 Å². The highest BCUT2D eigenvalue weighted by molar-refractivity contribution is 5.81. The zero-order valence-corrected chi connectivity index (χ0v) is 15.2. The third-order valence-electron chi connectivity index (χ3n) is 4.72. The second-order valence-electron chi connectivity index (χ2n) is 6.77. The summed E-state index contributed by atoms with van der Waals surface area (Å²) in [6, 6.07) is 17.9. The summed E-state index contributed by atoms with van der Waals surface area (Å²) in [5, 5.41) is 9.59. The van der Waals surface area contributed by atoms with Gasteiger partial charge in [0.2, 0.25) is 6.79 Å². The summed E-state index contributed by atoms with van der Waals surface area (Å²) in [5.41, 5.74) is 11.0. The molecule has 0 saturated carbocycles. The van der Waals surface area contributed by atoms with Crippen LogP contribution in [0, 0.1) is 11.3 Å². The number of rotatable bonds is 3. The number of nitriles is 1. The van der Waals surface area contributed by atoms with Crippen LogP contribution in [0.15, 0.2) is 48.5 Å². The predicted molar refractivity (Wildman–Crippen MR) is 104 cm³/mol. The smallest absolute Gasteiger partial charge is 0.231 e. The lowest BCUT2D eigenvalue weighted by molar-refractivity contribution is 0.174. The maximum Gasteiger partial charge on any atom is 0.231 e. The van der Waals surface area contributed by atoms with Gasteiger partial charge in [0.25, 0.3) is 0 Å². The lowest BCUT2D eigenvalue weighted by atomic mass is 9.96. The number of fused-ring (bicyclic) bond motifs is 1. The molecule has 0 amide bonds. The van der Waals surface area contributed by atoms with E-state index >= 15 is 0 Å². The van der Waals surface area contributed by atoms with Crippen molar-refractivity contribution in [3.63, 3.8) is 0 Å². The highest BCUT2D eigenvalue weighted by Gasteiger charge is 2.18. The van der Waals surface area contributed by atoms with Crippen molar-refractivity contribution >= 4 is 5.82 Å². The van der Waals surface area contributed by atoms with Crippen molar-refractivity contribution in [2.24, 2.45) is 0 Å². The number of aromatic nitrogens is 1. The Morgan fingerprint density at radius 1 is 1.00 bits per heavy atom. The minimum Gasteiger partial charge on any atom is -0.454 e. The molecule has 27 heavy (non-hydrogen) atoms. The average Bonchev–Trinajstić information content (AvgIpc) is 3.15. The van der Waals surface area contributed by atoms with Gasteiger partial charge in [0.1, 0.15) is 17.5 Å². The Hall–Kier alpha value is -3.52. The van der Waals surface area contributed by atoms with Crippen molar-refractivity contribution in [1.29, 1.82) is 5.26 Å². The quantitative estimate of drug-likeness (QED) is 0.733. The first-order valence-electron chi connectivity index (χ1n) is 8.78. The molecule has 3 aromatic rings. The van der Waals surface area contributed by atoms with E-state index in [1.54, 1.807) is 0 Å². The molecule has 0 bridgehead atoms. The minimum atomic E-state index is 0.204. The molecule has 134 valence electrons. The third kappa shape index (κ3) is 3.06. The van der Waals surface area contributed by atoms with Gasteiger partial charge in [0.05, 0.1) is 5.69 Å². The Morgan fingerprint density at radius 2 is 1.70 bits per heavy atom. The Labute approximate surface area is 158 Å². The number of anilines is 1. The molecule has 0 radical (unpaired) electrons. The molecule has 4 rings (SSSR count). The second kappa shape index (κ2) is 6.65. The van der Waals surface area contributed by atoms with Gasteiger partial charge in [-0.2, -0.15) is 5.26 Å². The number of hydrogen-bond acceptors (Lipinski definition) is 5. The van der Waals surface area contributed by atoms with Crippen LogP contribution in [-0.2, 0) is 0 Å². The van der Waals surface area contributed by atoms with Crippen molar-refractivity contribution in [1.82, 2.24) is 4.98 Å². The molecule has 1 aliphatic heterocycles. The summed E-state index contributed by atoms with van der Waals surface area (Å²) in [5.74, 6) is 2.04. The number of ether oxygens (including phenoxy) is 2. The Kier molecular flexibility index (Phi) is 4.17. The van der Waals surface area contributed by atoms with E-state index in [9.17, 15) is 5.26 Å². The first-order valence-corrected chi connectivity index (χ1v) is 8.78. The molecule has 0 atom stereocenters. The van der Waals surface area contributed by atoms with Gasteiger partial charge in [-0.15, -0.1) is 0 Å². The van der Waals surface area contributed by atoms with Gasteiger partial charge in [-0.25, -0.2) is 4.98 Å². The molecule has 0 aliphatic carbocycles. The molecule has 5 heteroatoms. The summed E-state index contributed by atoms with van der Waals surface area (Å²) in [7, 11) is 0. The maximum atomic E-state index is 9.59. The molecule has 1 aliphatic rings. The molecule has 2 N–H and O–H groups in total. The zero-order chi connectivity index (χ0) is 19.0. The van der Waals surface area contributed by atoms with E-state index in [2.05, 4.69) is 37.0 Å². The summed E-state index contributed by atoms with van der Waals surface area (Å²) < 4.78 is 10.8. The van der Waals surface area contributed by atoms with Crippen LogP contribution in [0.25, 0.3) is 22.4 Å². The van der Waals surface area contributed by atoms with Crippen molar-refractivity contribution in [2.75, 3.05) is 12.5 Å². The van der Waals surface area contributed by atoms with Gasteiger partial charge < -0.3 is 15.2 Å². The van der Waals surface area contributed by atoms with Crippen LogP contribution in [0.4, 0.5) is 5.82 Å². The summed E-state index contributed by atoms with van der Waals surface area (Å²) >= 11 is 0. The van der Waals surface area contributed by atoms with Gasteiger partial charge in [-0.3, -0.25) is 0 Å². The Morgan fingerprint density at radius 3 is 2.41 bits per heavy atom. The largest absolute Gasteiger partial charge is 0.454 e. The van der Waals surface area contributed by atoms with Crippen LogP contribution in [0.3, 0.4) is 0 Å². The fraction of sp³-hybridized carbons (Fsp3) is 0.182. The molecular formula is C22H19N3O2. The zero-order valence-electron chi connectivity index (χ0n) is 15.2. The van der Waals surface area contributed by atoms with E-state index in [1.165, 1.54) is 5.56 Å². The van der Waals surface area contributed by atoms with Gasteiger partial charge in [-0.05, 0) is 35.2 Å². The van der Waals surface area contributed by atoms with E-state index < -0.39 is 0 Å². The van der Waals surface area contributed by atoms with Crippen molar-refractivity contribution < 1.29 is 9.47 Å².